The lowest BCUT2D eigenvalue weighted by atomic mass is 9.99. The van der Waals surface area contributed by atoms with Crippen molar-refractivity contribution < 1.29 is 112 Å². The molecule has 1 heterocycles. The Morgan fingerprint density at radius 1 is 0.519 bits per heavy atom. The first kappa shape index (κ1) is 43.2. The molecule has 26 nitrogen and oxygen atoms in total. The normalized spacial score (nSPS) is 22.2. The highest BCUT2D eigenvalue weighted by Gasteiger charge is 2.55. The van der Waals surface area contributed by atoms with Crippen LogP contribution in [-0.2, 0) is 83.9 Å². The van der Waals surface area contributed by atoms with Crippen LogP contribution in [0.15, 0.2) is 42.5 Å². The molecule has 0 aliphatic carbocycles. The molecule has 1 aliphatic rings. The Kier molecular flexibility index (Phi) is 13.4. The Balaban J connectivity index is 2.15. The molecule has 3 rings (SSSR count). The van der Waals surface area contributed by atoms with Crippen molar-refractivity contribution in [3.8, 4) is 17.2 Å². The van der Waals surface area contributed by atoms with Crippen LogP contribution in [0.4, 0.5) is 0 Å². The quantitative estimate of drug-likeness (QED) is 0.0795. The average Bonchev–Trinajstić information content (AvgIpc) is 2.90. The van der Waals surface area contributed by atoms with Gasteiger partial charge in [-0.05, 0) is 35.4 Å². The van der Waals surface area contributed by atoms with E-state index in [9.17, 15) is 68.7 Å². The van der Waals surface area contributed by atoms with Crippen molar-refractivity contribution in [1.82, 2.24) is 0 Å². The Labute approximate surface area is 294 Å². The third kappa shape index (κ3) is 15.8. The Morgan fingerprint density at radius 3 is 1.48 bits per heavy atom. The zero-order chi connectivity index (χ0) is 39.5. The summed E-state index contributed by atoms with van der Waals surface area (Å²) < 4.78 is 228. The van der Waals surface area contributed by atoms with Gasteiger partial charge in [-0.15, -0.1) is 0 Å². The van der Waals surface area contributed by atoms with Gasteiger partial charge in [0.2, 0.25) is 6.29 Å². The van der Waals surface area contributed by atoms with Crippen LogP contribution < -0.4 is 13.1 Å². The zero-order valence-corrected chi connectivity index (χ0v) is 29.5. The van der Waals surface area contributed by atoms with E-state index in [2.05, 4.69) is 25.1 Å². The predicted octanol–water partition coefficient (Wildman–Crippen LogP) is -1.29. The van der Waals surface area contributed by atoms with Gasteiger partial charge in [0, 0.05) is 6.07 Å². The molecule has 0 bridgehead atoms. The fraction of sp³-hybridized carbons (Fsp3) is 0.300. The molecule has 2 aromatic rings. The Hall–Kier alpha value is -3.16. The van der Waals surface area contributed by atoms with Crippen molar-refractivity contribution in [1.29, 1.82) is 0 Å². The summed E-state index contributed by atoms with van der Waals surface area (Å²) in [4.78, 5) is 0. The zero-order valence-electron chi connectivity index (χ0n) is 24.6. The largest absolute Gasteiger partial charge is 0.462 e. The van der Waals surface area contributed by atoms with Gasteiger partial charge in [-0.1, -0.05) is 24.3 Å². The minimum atomic E-state index is -5.85. The van der Waals surface area contributed by atoms with Gasteiger partial charge in [0.1, 0.15) is 35.6 Å². The SMILES string of the molecule is O=S(=O)(O)OC[C@H]1O[C@@H](Oc2cc(/C=C\c3ccc(OS(=O)(=O)O)cc3)cc(OS(=O)(=O)O)c2)[C@H](OS(=O)(=O)O)[C@@H](OS(=O)(=O)O)[C@@H]1OS(=O)(=O)O. The second kappa shape index (κ2) is 16.1. The summed E-state index contributed by atoms with van der Waals surface area (Å²) in [6, 6.07) is 7.21. The van der Waals surface area contributed by atoms with Crippen LogP contribution >= 0.6 is 0 Å². The summed E-state index contributed by atoms with van der Waals surface area (Å²) in [6.07, 6.45) is -11.2. The number of hydrogen-bond acceptors (Lipinski definition) is 20. The molecule has 5 atom stereocenters. The summed E-state index contributed by atoms with van der Waals surface area (Å²) in [7, 11) is -33.0. The number of ether oxygens (including phenoxy) is 2. The second-order valence-corrected chi connectivity index (χ2v) is 15.8. The second-order valence-electron chi connectivity index (χ2n) is 9.50. The summed E-state index contributed by atoms with van der Waals surface area (Å²) in [5, 5.41) is 0. The van der Waals surface area contributed by atoms with E-state index in [0.717, 1.165) is 24.3 Å². The van der Waals surface area contributed by atoms with Gasteiger partial charge in [-0.25, -0.2) is 16.7 Å². The number of benzene rings is 2. The first-order valence-electron chi connectivity index (χ1n) is 12.6. The summed E-state index contributed by atoms with van der Waals surface area (Å²) >= 11 is 0. The molecule has 0 amide bonds. The molecule has 0 aromatic heterocycles. The van der Waals surface area contributed by atoms with E-state index >= 15 is 0 Å². The van der Waals surface area contributed by atoms with E-state index in [1.54, 1.807) is 0 Å². The molecular formula is C20H22O26S6. The van der Waals surface area contributed by atoms with Gasteiger partial charge in [0.05, 0.1) is 6.61 Å². The van der Waals surface area contributed by atoms with E-state index in [1.165, 1.54) is 24.3 Å². The van der Waals surface area contributed by atoms with Gasteiger partial charge in [-0.3, -0.25) is 27.3 Å². The molecule has 0 spiro atoms. The molecule has 1 aliphatic heterocycles. The predicted molar refractivity (Wildman–Crippen MR) is 162 cm³/mol. The fourth-order valence-electron chi connectivity index (χ4n) is 4.02. The molecule has 0 radical (unpaired) electrons. The van der Waals surface area contributed by atoms with E-state index < -0.39 is 111 Å². The van der Waals surface area contributed by atoms with E-state index in [0.29, 0.717) is 6.07 Å². The van der Waals surface area contributed by atoms with E-state index in [-0.39, 0.29) is 16.9 Å². The van der Waals surface area contributed by atoms with Gasteiger partial charge in [-0.2, -0.15) is 50.5 Å². The first-order valence-corrected chi connectivity index (χ1v) is 20.8. The molecule has 0 unspecified atom stereocenters. The van der Waals surface area contributed by atoms with E-state index in [1.807, 2.05) is 0 Å². The highest BCUT2D eigenvalue weighted by molar-refractivity contribution is 7.82. The Morgan fingerprint density at radius 2 is 0.981 bits per heavy atom. The van der Waals surface area contributed by atoms with Crippen LogP contribution in [0.1, 0.15) is 11.1 Å². The van der Waals surface area contributed by atoms with Gasteiger partial charge >= 0.3 is 62.4 Å². The number of rotatable bonds is 17. The number of hydrogen-bond donors (Lipinski definition) is 6. The molecule has 6 N–H and O–H groups in total. The van der Waals surface area contributed by atoms with Crippen molar-refractivity contribution in [2.24, 2.45) is 0 Å². The molecule has 1 fully saturated rings. The van der Waals surface area contributed by atoms with Crippen LogP contribution in [0.25, 0.3) is 12.2 Å². The van der Waals surface area contributed by atoms with Crippen LogP contribution in [0.2, 0.25) is 0 Å². The monoisotopic (exact) mass is 870 g/mol. The van der Waals surface area contributed by atoms with Crippen LogP contribution in [0, 0.1) is 0 Å². The van der Waals surface area contributed by atoms with E-state index in [4.69, 9.17) is 18.6 Å². The lowest BCUT2D eigenvalue weighted by molar-refractivity contribution is -0.260. The van der Waals surface area contributed by atoms with Crippen molar-refractivity contribution in [2.45, 2.75) is 30.7 Å². The molecule has 294 valence electrons. The topological polar surface area (TPSA) is 400 Å². The first-order chi connectivity index (χ1) is 23.4. The maximum absolute atomic E-state index is 11.7. The Bertz CT molecular complexity index is 2300. The van der Waals surface area contributed by atoms with Crippen LogP contribution in [0.3, 0.4) is 0 Å². The van der Waals surface area contributed by atoms with Crippen molar-refractivity contribution in [3.63, 3.8) is 0 Å². The van der Waals surface area contributed by atoms with Crippen molar-refractivity contribution >= 4 is 74.5 Å². The summed E-state index contributed by atoms with van der Waals surface area (Å²) in [5.41, 5.74) is 0.141. The standard InChI is InChI=1S/C20H22O26S6/c21-47(22,23)39-10-16-17(44-50(30,31)32)18(45-51(33,34)35)19(46-52(36,37)38)20(41-16)40-14-7-12(8-15(9-14)43-49(27,28)29)2-1-11-3-5-13(6-4-11)42-48(24,25)26/h1-9,16-20H,10H2,(H,21,22,23)(H,24,25,26)(H,27,28,29)(H,30,31,32)(H,33,34,35)(H,36,37,38)/b2-1-/t16-,17-,18+,19-,20-/m1/s1. The maximum Gasteiger partial charge on any atom is 0.446 e. The third-order valence-corrected chi connectivity index (χ3v) is 8.21. The highest BCUT2D eigenvalue weighted by atomic mass is 32.3. The lowest BCUT2D eigenvalue weighted by Crippen LogP contribution is -2.63. The van der Waals surface area contributed by atoms with Crippen LogP contribution in [-0.4, -0.2) is 115 Å². The smallest absolute Gasteiger partial charge is 0.446 e. The molecule has 0 saturated carbocycles. The van der Waals surface area contributed by atoms with Crippen molar-refractivity contribution in [3.05, 3.63) is 53.6 Å². The maximum atomic E-state index is 11.7. The molecule has 2 aromatic carbocycles. The summed E-state index contributed by atoms with van der Waals surface area (Å²) in [6.45, 7) is -1.59. The lowest BCUT2D eigenvalue weighted by Gasteiger charge is -2.42. The fourth-order valence-corrected chi connectivity index (χ4v) is 6.52. The molecular weight excluding hydrogens is 849 g/mol. The minimum Gasteiger partial charge on any atom is -0.462 e. The van der Waals surface area contributed by atoms with Gasteiger partial charge in [0.25, 0.3) is 0 Å². The van der Waals surface area contributed by atoms with Gasteiger partial charge in [0.15, 0.2) is 6.10 Å². The average molecular weight is 871 g/mol. The summed E-state index contributed by atoms with van der Waals surface area (Å²) in [5.74, 6) is -1.82. The molecule has 52 heavy (non-hydrogen) atoms. The minimum absolute atomic E-state index is 0.137. The highest BCUT2D eigenvalue weighted by Crippen LogP contribution is 2.34. The van der Waals surface area contributed by atoms with Crippen molar-refractivity contribution in [2.75, 3.05) is 6.61 Å². The molecule has 32 heteroatoms. The van der Waals surface area contributed by atoms with Crippen LogP contribution in [0.5, 0.6) is 17.2 Å². The third-order valence-electron chi connectivity index (χ3n) is 5.58. The molecule has 1 saturated heterocycles. The van der Waals surface area contributed by atoms with Gasteiger partial charge < -0.3 is 17.8 Å².